The molecule has 1 atom stereocenters. The summed E-state index contributed by atoms with van der Waals surface area (Å²) in [5, 5.41) is 0.704. The summed E-state index contributed by atoms with van der Waals surface area (Å²) in [5.41, 5.74) is 0.943. The summed E-state index contributed by atoms with van der Waals surface area (Å²) in [6, 6.07) is 7.94. The second-order valence-corrected chi connectivity index (χ2v) is 7.54. The fraction of sp³-hybridized carbons (Fsp3) is 0.250. The summed E-state index contributed by atoms with van der Waals surface area (Å²) in [6.45, 7) is 3.98. The van der Waals surface area contributed by atoms with Crippen molar-refractivity contribution in [2.75, 3.05) is 5.75 Å². The van der Waals surface area contributed by atoms with Gasteiger partial charge in [0.25, 0.3) is 5.56 Å². The predicted octanol–water partition coefficient (Wildman–Crippen LogP) is 3.83. The Morgan fingerprint density at radius 1 is 1.32 bits per heavy atom. The second-order valence-electron chi connectivity index (χ2n) is 5.28. The summed E-state index contributed by atoms with van der Waals surface area (Å²) in [5.74, 6) is 2.21. The lowest BCUT2D eigenvalue weighted by Crippen LogP contribution is -2.21. The standard InChI is InChI=1S/C16H14N2O2S2/c1-8-9(2)22-16-13(8)15(19)17-14(18-16)11-7-21-12-6-4-3-5-10(12)20-11/h3-6,11H,7H2,1-2H3,(H,17,18,19). The third kappa shape index (κ3) is 2.14. The largest absolute Gasteiger partial charge is 0.480 e. The zero-order chi connectivity index (χ0) is 15.3. The van der Waals surface area contributed by atoms with E-state index in [-0.39, 0.29) is 11.7 Å². The number of aryl methyl sites for hydroxylation is 2. The fourth-order valence-electron chi connectivity index (χ4n) is 2.58. The second kappa shape index (κ2) is 5.14. The Morgan fingerprint density at radius 2 is 2.14 bits per heavy atom. The predicted molar refractivity (Wildman–Crippen MR) is 90.2 cm³/mol. The number of hydrogen-bond donors (Lipinski definition) is 1. The topological polar surface area (TPSA) is 55.0 Å². The van der Waals surface area contributed by atoms with E-state index in [9.17, 15) is 4.79 Å². The van der Waals surface area contributed by atoms with Gasteiger partial charge >= 0.3 is 0 Å². The molecular formula is C16H14N2O2S2. The van der Waals surface area contributed by atoms with Crippen molar-refractivity contribution < 1.29 is 4.74 Å². The SMILES string of the molecule is Cc1sc2nc(C3CSc4ccccc4O3)[nH]c(=O)c2c1C. The highest BCUT2D eigenvalue weighted by molar-refractivity contribution is 7.99. The smallest absolute Gasteiger partial charge is 0.260 e. The maximum absolute atomic E-state index is 12.4. The van der Waals surface area contributed by atoms with Gasteiger partial charge in [-0.05, 0) is 31.5 Å². The Bertz CT molecular complexity index is 930. The number of benzene rings is 1. The first-order chi connectivity index (χ1) is 10.6. The number of thioether (sulfide) groups is 1. The molecule has 4 nitrogen and oxygen atoms in total. The van der Waals surface area contributed by atoms with Crippen molar-refractivity contribution >= 4 is 33.3 Å². The third-order valence-corrected chi connectivity index (χ3v) is 6.09. The van der Waals surface area contributed by atoms with Crippen LogP contribution in [-0.2, 0) is 0 Å². The van der Waals surface area contributed by atoms with E-state index in [0.717, 1.165) is 31.7 Å². The number of hydrogen-bond acceptors (Lipinski definition) is 5. The normalized spacial score (nSPS) is 17.3. The highest BCUT2D eigenvalue weighted by atomic mass is 32.2. The molecule has 1 aliphatic rings. The van der Waals surface area contributed by atoms with E-state index >= 15 is 0 Å². The van der Waals surface area contributed by atoms with Crippen LogP contribution in [0.25, 0.3) is 10.2 Å². The van der Waals surface area contributed by atoms with Crippen LogP contribution < -0.4 is 10.3 Å². The van der Waals surface area contributed by atoms with Gasteiger partial charge in [-0.3, -0.25) is 4.79 Å². The number of fused-ring (bicyclic) bond motifs is 2. The molecule has 0 saturated carbocycles. The van der Waals surface area contributed by atoms with Gasteiger partial charge in [0.05, 0.1) is 5.39 Å². The van der Waals surface area contributed by atoms with E-state index in [2.05, 4.69) is 9.97 Å². The maximum Gasteiger partial charge on any atom is 0.260 e. The van der Waals surface area contributed by atoms with Crippen LogP contribution in [0.15, 0.2) is 34.0 Å². The van der Waals surface area contributed by atoms with Crippen LogP contribution in [0.2, 0.25) is 0 Å². The minimum Gasteiger partial charge on any atom is -0.480 e. The van der Waals surface area contributed by atoms with Crippen LogP contribution >= 0.6 is 23.1 Å². The van der Waals surface area contributed by atoms with Crippen LogP contribution in [0.4, 0.5) is 0 Å². The zero-order valence-corrected chi connectivity index (χ0v) is 13.8. The third-order valence-electron chi connectivity index (χ3n) is 3.87. The fourth-order valence-corrected chi connectivity index (χ4v) is 4.61. The molecular weight excluding hydrogens is 316 g/mol. The van der Waals surface area contributed by atoms with Crippen molar-refractivity contribution in [3.05, 3.63) is 50.9 Å². The number of nitrogens with one attached hydrogen (secondary N) is 1. The molecule has 1 aromatic carbocycles. The van der Waals surface area contributed by atoms with Crippen molar-refractivity contribution in [3.8, 4) is 5.75 Å². The highest BCUT2D eigenvalue weighted by Crippen LogP contribution is 2.39. The molecule has 3 heterocycles. The molecule has 2 aromatic heterocycles. The molecule has 1 aliphatic heterocycles. The molecule has 0 radical (unpaired) electrons. The number of aromatic amines is 1. The number of para-hydroxylation sites is 1. The molecule has 0 spiro atoms. The van der Waals surface area contributed by atoms with Crippen LogP contribution in [-0.4, -0.2) is 15.7 Å². The average Bonchev–Trinajstić information content (AvgIpc) is 2.82. The van der Waals surface area contributed by atoms with Crippen LogP contribution in [0, 0.1) is 13.8 Å². The lowest BCUT2D eigenvalue weighted by Gasteiger charge is -2.24. The Kier molecular flexibility index (Phi) is 3.23. The first-order valence-electron chi connectivity index (χ1n) is 7.02. The van der Waals surface area contributed by atoms with E-state index < -0.39 is 0 Å². The molecule has 1 unspecified atom stereocenters. The van der Waals surface area contributed by atoms with Gasteiger partial charge in [-0.25, -0.2) is 4.98 Å². The van der Waals surface area contributed by atoms with Crippen LogP contribution in [0.5, 0.6) is 5.75 Å². The first kappa shape index (κ1) is 13.8. The average molecular weight is 330 g/mol. The Morgan fingerprint density at radius 3 is 3.00 bits per heavy atom. The first-order valence-corrected chi connectivity index (χ1v) is 8.82. The number of nitrogens with zero attached hydrogens (tertiary/aromatic N) is 1. The Hall–Kier alpha value is -1.79. The summed E-state index contributed by atoms with van der Waals surface area (Å²) < 4.78 is 6.01. The van der Waals surface area contributed by atoms with Gasteiger partial charge in [0.2, 0.25) is 0 Å². The van der Waals surface area contributed by atoms with Crippen LogP contribution in [0.1, 0.15) is 22.4 Å². The van der Waals surface area contributed by atoms with Gasteiger partial charge in [-0.1, -0.05) is 12.1 Å². The molecule has 4 rings (SSSR count). The van der Waals surface area contributed by atoms with Gasteiger partial charge in [0.1, 0.15) is 10.6 Å². The molecule has 112 valence electrons. The van der Waals surface area contributed by atoms with Gasteiger partial charge in [0.15, 0.2) is 11.9 Å². The highest BCUT2D eigenvalue weighted by Gasteiger charge is 2.25. The summed E-state index contributed by atoms with van der Waals surface area (Å²) in [4.78, 5) is 23.0. The Balaban J connectivity index is 1.78. The molecule has 0 bridgehead atoms. The van der Waals surface area contributed by atoms with Crippen molar-refractivity contribution in [2.45, 2.75) is 24.8 Å². The Labute approximate surface area is 135 Å². The molecule has 0 saturated heterocycles. The van der Waals surface area contributed by atoms with Crippen molar-refractivity contribution in [2.24, 2.45) is 0 Å². The number of H-pyrrole nitrogens is 1. The minimum atomic E-state index is -0.222. The zero-order valence-electron chi connectivity index (χ0n) is 12.2. The summed E-state index contributed by atoms with van der Waals surface area (Å²) in [7, 11) is 0. The van der Waals surface area contributed by atoms with E-state index in [1.165, 1.54) is 0 Å². The molecule has 0 aliphatic carbocycles. The van der Waals surface area contributed by atoms with Gasteiger partial charge in [-0.2, -0.15) is 0 Å². The number of thiophene rings is 1. The van der Waals surface area contributed by atoms with E-state index in [1.807, 2.05) is 38.1 Å². The van der Waals surface area contributed by atoms with E-state index in [0.29, 0.717) is 11.2 Å². The van der Waals surface area contributed by atoms with E-state index in [1.54, 1.807) is 23.1 Å². The van der Waals surface area contributed by atoms with Gasteiger partial charge in [0, 0.05) is 15.5 Å². The molecule has 3 aromatic rings. The molecule has 6 heteroatoms. The van der Waals surface area contributed by atoms with E-state index in [4.69, 9.17) is 4.74 Å². The lowest BCUT2D eigenvalue weighted by atomic mass is 10.2. The van der Waals surface area contributed by atoms with Crippen molar-refractivity contribution in [3.63, 3.8) is 0 Å². The molecule has 0 fully saturated rings. The lowest BCUT2D eigenvalue weighted by molar-refractivity contribution is 0.210. The van der Waals surface area contributed by atoms with Gasteiger partial charge < -0.3 is 9.72 Å². The van der Waals surface area contributed by atoms with Gasteiger partial charge in [-0.15, -0.1) is 23.1 Å². The quantitative estimate of drug-likeness (QED) is 0.737. The number of ether oxygens (including phenoxy) is 1. The molecule has 1 N–H and O–H groups in total. The summed E-state index contributed by atoms with van der Waals surface area (Å²) in [6.07, 6.45) is -0.222. The van der Waals surface area contributed by atoms with Crippen molar-refractivity contribution in [1.82, 2.24) is 9.97 Å². The minimum absolute atomic E-state index is 0.0747. The number of aromatic nitrogens is 2. The van der Waals surface area contributed by atoms with Crippen LogP contribution in [0.3, 0.4) is 0 Å². The monoisotopic (exact) mass is 330 g/mol. The molecule has 0 amide bonds. The molecule has 22 heavy (non-hydrogen) atoms. The number of rotatable bonds is 1. The maximum atomic E-state index is 12.4. The summed E-state index contributed by atoms with van der Waals surface area (Å²) >= 11 is 3.29. The van der Waals surface area contributed by atoms with Crippen molar-refractivity contribution in [1.29, 1.82) is 0 Å².